The average molecular weight is 194 g/mol. The molecule has 0 aromatic heterocycles. The van der Waals surface area contributed by atoms with Gasteiger partial charge in [-0.2, -0.15) is 0 Å². The maximum Gasteiger partial charge on any atom is 0.139 e. The van der Waals surface area contributed by atoms with E-state index in [1.165, 1.54) is 11.1 Å². The van der Waals surface area contributed by atoms with Crippen molar-refractivity contribution in [2.24, 2.45) is 0 Å². The van der Waals surface area contributed by atoms with Gasteiger partial charge in [0, 0.05) is 5.75 Å². The second-order valence-electron chi connectivity index (χ2n) is 3.18. The molecule has 0 N–H and O–H groups in total. The Hall–Kier alpha value is -0.760. The Kier molecular flexibility index (Phi) is 4.03. The van der Waals surface area contributed by atoms with E-state index in [9.17, 15) is 4.79 Å². The number of hydrogen-bond donors (Lipinski definition) is 0. The monoisotopic (exact) mass is 194 g/mol. The van der Waals surface area contributed by atoms with Crippen molar-refractivity contribution in [1.29, 1.82) is 0 Å². The molecule has 0 fully saturated rings. The minimum Gasteiger partial charge on any atom is -0.299 e. The van der Waals surface area contributed by atoms with Crippen molar-refractivity contribution in [2.45, 2.75) is 19.6 Å². The average Bonchev–Trinajstić information content (AvgIpc) is 2.08. The van der Waals surface area contributed by atoms with Crippen molar-refractivity contribution in [3.8, 4) is 0 Å². The fourth-order valence-electron chi connectivity index (χ4n) is 0.997. The molecular weight excluding hydrogens is 180 g/mol. The van der Waals surface area contributed by atoms with Gasteiger partial charge in [-0.15, -0.1) is 11.8 Å². The topological polar surface area (TPSA) is 17.1 Å². The molecule has 0 heterocycles. The number of thioether (sulfide) groups is 1. The molecule has 0 aliphatic heterocycles. The van der Waals surface area contributed by atoms with Crippen LogP contribution in [0, 0.1) is 6.92 Å². The zero-order valence-corrected chi connectivity index (χ0v) is 8.86. The summed E-state index contributed by atoms with van der Waals surface area (Å²) in [6.07, 6.45) is 0. The van der Waals surface area contributed by atoms with E-state index in [1.54, 1.807) is 18.7 Å². The maximum atomic E-state index is 10.7. The molecule has 0 atom stereocenters. The summed E-state index contributed by atoms with van der Waals surface area (Å²) in [5.41, 5.74) is 2.57. The van der Waals surface area contributed by atoms with E-state index in [0.29, 0.717) is 5.75 Å². The lowest BCUT2D eigenvalue weighted by Gasteiger charge is -2.00. The van der Waals surface area contributed by atoms with Crippen LogP contribution in [0.3, 0.4) is 0 Å². The Morgan fingerprint density at radius 3 is 2.46 bits per heavy atom. The summed E-state index contributed by atoms with van der Waals surface area (Å²) in [5.74, 6) is 1.80. The van der Waals surface area contributed by atoms with E-state index < -0.39 is 0 Å². The molecule has 0 saturated heterocycles. The molecule has 13 heavy (non-hydrogen) atoms. The third-order valence-corrected chi connectivity index (χ3v) is 2.84. The van der Waals surface area contributed by atoms with Crippen LogP contribution in [0.15, 0.2) is 24.3 Å². The van der Waals surface area contributed by atoms with Crippen molar-refractivity contribution in [3.05, 3.63) is 35.4 Å². The predicted molar refractivity (Wildman–Crippen MR) is 58.0 cm³/mol. The molecule has 2 heteroatoms. The first-order chi connectivity index (χ1) is 6.18. The fourth-order valence-corrected chi connectivity index (χ4v) is 1.81. The van der Waals surface area contributed by atoms with Gasteiger partial charge in [0.05, 0.1) is 5.75 Å². The van der Waals surface area contributed by atoms with Crippen LogP contribution < -0.4 is 0 Å². The highest BCUT2D eigenvalue weighted by molar-refractivity contribution is 7.99. The highest BCUT2D eigenvalue weighted by Gasteiger charge is 1.95. The van der Waals surface area contributed by atoms with Crippen molar-refractivity contribution < 1.29 is 4.79 Å². The lowest BCUT2D eigenvalue weighted by molar-refractivity contribution is -0.114. The van der Waals surface area contributed by atoms with Crippen LogP contribution in [0.25, 0.3) is 0 Å². The van der Waals surface area contributed by atoms with Crippen LogP contribution in [0.5, 0.6) is 0 Å². The summed E-state index contributed by atoms with van der Waals surface area (Å²) >= 11 is 1.67. The maximum absolute atomic E-state index is 10.7. The lowest BCUT2D eigenvalue weighted by Crippen LogP contribution is -1.93. The molecule has 1 nitrogen and oxygen atoms in total. The van der Waals surface area contributed by atoms with E-state index >= 15 is 0 Å². The van der Waals surface area contributed by atoms with Gasteiger partial charge in [-0.25, -0.2) is 0 Å². The summed E-state index contributed by atoms with van der Waals surface area (Å²) in [6.45, 7) is 3.70. The van der Waals surface area contributed by atoms with Crippen molar-refractivity contribution >= 4 is 17.5 Å². The largest absolute Gasteiger partial charge is 0.299 e. The van der Waals surface area contributed by atoms with Gasteiger partial charge in [0.15, 0.2) is 0 Å². The van der Waals surface area contributed by atoms with Gasteiger partial charge in [-0.3, -0.25) is 4.79 Å². The number of carbonyl (C=O) groups excluding carboxylic acids is 1. The fraction of sp³-hybridized carbons (Fsp3) is 0.364. The van der Waals surface area contributed by atoms with Crippen LogP contribution in [0.2, 0.25) is 0 Å². The van der Waals surface area contributed by atoms with Crippen molar-refractivity contribution in [1.82, 2.24) is 0 Å². The number of carbonyl (C=O) groups is 1. The Bertz CT molecular complexity index is 277. The van der Waals surface area contributed by atoms with Crippen molar-refractivity contribution in [3.63, 3.8) is 0 Å². The summed E-state index contributed by atoms with van der Waals surface area (Å²) in [4.78, 5) is 10.7. The number of Topliss-reactive ketones (excluding diaryl/α,β-unsaturated/α-hetero) is 1. The van der Waals surface area contributed by atoms with Crippen LogP contribution in [-0.2, 0) is 10.5 Å². The number of aryl methyl sites for hydroxylation is 1. The Labute approximate surface area is 83.5 Å². The molecule has 0 aliphatic carbocycles. The van der Waals surface area contributed by atoms with Crippen LogP contribution in [0.1, 0.15) is 18.1 Å². The minimum absolute atomic E-state index is 0.247. The molecule has 1 aromatic carbocycles. The molecule has 0 amide bonds. The summed E-state index contributed by atoms with van der Waals surface area (Å²) in [6, 6.07) is 8.43. The Morgan fingerprint density at radius 2 is 1.92 bits per heavy atom. The minimum atomic E-state index is 0.247. The SMILES string of the molecule is CC(=O)CSCc1ccc(C)cc1. The van der Waals surface area contributed by atoms with Crippen LogP contribution in [0.4, 0.5) is 0 Å². The number of rotatable bonds is 4. The van der Waals surface area contributed by atoms with Gasteiger partial charge in [0.1, 0.15) is 5.78 Å². The second kappa shape index (κ2) is 5.07. The second-order valence-corrected chi connectivity index (χ2v) is 4.17. The molecule has 0 aliphatic rings. The van der Waals surface area contributed by atoms with E-state index in [4.69, 9.17) is 0 Å². The van der Waals surface area contributed by atoms with E-state index in [1.807, 2.05) is 0 Å². The van der Waals surface area contributed by atoms with Gasteiger partial charge in [-0.05, 0) is 19.4 Å². The summed E-state index contributed by atoms with van der Waals surface area (Å²) in [5, 5.41) is 0. The highest BCUT2D eigenvalue weighted by atomic mass is 32.2. The summed E-state index contributed by atoms with van der Waals surface area (Å²) < 4.78 is 0. The normalized spacial score (nSPS) is 10.0. The quantitative estimate of drug-likeness (QED) is 0.733. The highest BCUT2D eigenvalue weighted by Crippen LogP contribution is 2.12. The van der Waals surface area contributed by atoms with Crippen LogP contribution >= 0.6 is 11.8 Å². The molecular formula is C11H14OS. The first-order valence-electron chi connectivity index (χ1n) is 4.31. The molecule has 0 spiro atoms. The third-order valence-electron chi connectivity index (χ3n) is 1.69. The molecule has 0 radical (unpaired) electrons. The number of ketones is 1. The van der Waals surface area contributed by atoms with Gasteiger partial charge < -0.3 is 0 Å². The Balaban J connectivity index is 2.37. The molecule has 0 saturated carbocycles. The number of hydrogen-bond acceptors (Lipinski definition) is 2. The summed E-state index contributed by atoms with van der Waals surface area (Å²) in [7, 11) is 0. The third kappa shape index (κ3) is 4.13. The lowest BCUT2D eigenvalue weighted by atomic mass is 10.2. The Morgan fingerprint density at radius 1 is 1.31 bits per heavy atom. The first-order valence-corrected chi connectivity index (χ1v) is 5.46. The number of benzene rings is 1. The van der Waals surface area contributed by atoms with Crippen LogP contribution in [-0.4, -0.2) is 11.5 Å². The van der Waals surface area contributed by atoms with Gasteiger partial charge in [0.2, 0.25) is 0 Å². The smallest absolute Gasteiger partial charge is 0.139 e. The molecule has 1 aromatic rings. The molecule has 70 valence electrons. The first kappa shape index (κ1) is 10.3. The van der Waals surface area contributed by atoms with E-state index in [0.717, 1.165) is 5.75 Å². The van der Waals surface area contributed by atoms with Gasteiger partial charge >= 0.3 is 0 Å². The standard InChI is InChI=1S/C11H14OS/c1-9-3-5-11(6-4-9)8-13-7-10(2)12/h3-6H,7-8H2,1-2H3. The van der Waals surface area contributed by atoms with E-state index in [2.05, 4.69) is 31.2 Å². The van der Waals surface area contributed by atoms with Crippen molar-refractivity contribution in [2.75, 3.05) is 5.75 Å². The zero-order chi connectivity index (χ0) is 9.68. The predicted octanol–water partition coefficient (Wildman–Crippen LogP) is 2.82. The zero-order valence-electron chi connectivity index (χ0n) is 8.04. The molecule has 0 unspecified atom stereocenters. The van der Waals surface area contributed by atoms with Gasteiger partial charge in [-0.1, -0.05) is 29.8 Å². The molecule has 0 bridgehead atoms. The molecule has 1 rings (SSSR count). The van der Waals surface area contributed by atoms with Gasteiger partial charge in [0.25, 0.3) is 0 Å². The van der Waals surface area contributed by atoms with E-state index in [-0.39, 0.29) is 5.78 Å².